The highest BCUT2D eigenvalue weighted by Crippen LogP contribution is 2.58. The Morgan fingerprint density at radius 1 is 0.667 bits per heavy atom. The summed E-state index contributed by atoms with van der Waals surface area (Å²) in [6, 6.07) is 5.64. The summed E-state index contributed by atoms with van der Waals surface area (Å²) >= 11 is 0. The maximum Gasteiger partial charge on any atom is 0.460 e. The van der Waals surface area contributed by atoms with E-state index < -0.39 is 40.6 Å². The van der Waals surface area contributed by atoms with Gasteiger partial charge < -0.3 is 0 Å². The van der Waals surface area contributed by atoms with Gasteiger partial charge in [0.05, 0.1) is 5.56 Å². The summed E-state index contributed by atoms with van der Waals surface area (Å²) in [5, 5.41) is 11.4. The monoisotopic (exact) mass is 361 g/mol. The highest BCUT2D eigenvalue weighted by atomic mass is 19.4. The minimum atomic E-state index is -7.04. The van der Waals surface area contributed by atoms with E-state index in [4.69, 9.17) is 0 Å². The van der Waals surface area contributed by atoms with Gasteiger partial charge in [-0.25, -0.2) is 0 Å². The minimum absolute atomic E-state index is 0.0351. The fourth-order valence-corrected chi connectivity index (χ4v) is 2.03. The van der Waals surface area contributed by atoms with E-state index in [9.17, 15) is 44.6 Å². The fourth-order valence-electron chi connectivity index (χ4n) is 2.03. The Hall–Kier alpha value is -2.13. The van der Waals surface area contributed by atoms with E-state index in [1.54, 1.807) is 0 Å². The third-order valence-corrected chi connectivity index (χ3v) is 3.36. The largest absolute Gasteiger partial charge is 0.460 e. The number of fused-ring (bicyclic) bond motifs is 1. The van der Waals surface area contributed by atoms with E-state index in [0.717, 1.165) is 12.1 Å². The molecule has 0 aliphatic carbocycles. The molecule has 0 bridgehead atoms. The maximum atomic E-state index is 13.8. The number of hydrogen-bond donors (Lipinski definition) is 0. The smallest absolute Gasteiger partial charge is 0.289 e. The van der Waals surface area contributed by atoms with E-state index in [-0.39, 0.29) is 11.5 Å². The first-order valence-corrected chi connectivity index (χ1v) is 6.14. The molecule has 0 heterocycles. The van der Waals surface area contributed by atoms with Gasteiger partial charge in [-0.2, -0.15) is 39.5 Å². The molecule has 0 atom stereocenters. The molecule has 0 saturated carbocycles. The van der Waals surface area contributed by atoms with Crippen molar-refractivity contribution in [3.63, 3.8) is 0 Å². The number of hydrogen-bond acceptors (Lipinski definition) is 0. The predicted octanol–water partition coefficient (Wildman–Crippen LogP) is 5.91. The highest BCUT2D eigenvalue weighted by Gasteiger charge is 2.82. The summed E-state index contributed by atoms with van der Waals surface area (Å²) in [6.07, 6.45) is -6.93. The summed E-state index contributed by atoms with van der Waals surface area (Å²) in [4.78, 5) is 0. The van der Waals surface area contributed by atoms with Gasteiger partial charge in [-0.05, 0) is 11.5 Å². The van der Waals surface area contributed by atoms with E-state index >= 15 is 0 Å². The molecule has 0 aliphatic rings. The van der Waals surface area contributed by atoms with Crippen LogP contribution >= 0.6 is 0 Å². The Morgan fingerprint density at radius 3 is 1.75 bits per heavy atom. The summed E-state index contributed by atoms with van der Waals surface area (Å²) < 4.78 is 116. The SMILES string of the molecule is [O]c1c(C(F)(F)C(F)(F)C(F)(F)C(F)(F)F)ccc2ccccc12. The normalized spacial score (nSPS) is 14.2. The lowest BCUT2D eigenvalue weighted by Crippen LogP contribution is -2.59. The Bertz CT molecular complexity index is 764. The second-order valence-electron chi connectivity index (χ2n) is 4.88. The average Bonchev–Trinajstić information content (AvgIpc) is 2.46. The molecule has 0 spiro atoms. The Kier molecular flexibility index (Phi) is 3.93. The molecule has 24 heavy (non-hydrogen) atoms. The molecule has 2 aromatic carbocycles. The number of rotatable bonds is 3. The van der Waals surface area contributed by atoms with Crippen LogP contribution in [-0.4, -0.2) is 18.0 Å². The lowest BCUT2D eigenvalue weighted by Gasteiger charge is -2.33. The molecule has 0 aromatic heterocycles. The van der Waals surface area contributed by atoms with Crippen molar-refractivity contribution in [3.8, 4) is 5.75 Å². The van der Waals surface area contributed by atoms with Crippen LogP contribution in [0, 0.1) is 0 Å². The van der Waals surface area contributed by atoms with Gasteiger partial charge in [0.25, 0.3) is 0 Å². The van der Waals surface area contributed by atoms with Gasteiger partial charge in [0, 0.05) is 5.39 Å². The molecule has 2 aromatic rings. The van der Waals surface area contributed by atoms with Crippen LogP contribution in [0.3, 0.4) is 0 Å². The highest BCUT2D eigenvalue weighted by molar-refractivity contribution is 5.89. The van der Waals surface area contributed by atoms with Gasteiger partial charge in [0.15, 0.2) is 5.75 Å². The number of benzene rings is 2. The number of halogens is 9. The zero-order chi connectivity index (χ0) is 18.6. The van der Waals surface area contributed by atoms with Crippen molar-refractivity contribution in [1.29, 1.82) is 0 Å². The molecule has 1 nitrogen and oxygen atoms in total. The predicted molar refractivity (Wildman–Crippen MR) is 63.9 cm³/mol. The molecular formula is C14H6F9O. The molecule has 0 unspecified atom stereocenters. The third-order valence-electron chi connectivity index (χ3n) is 3.36. The van der Waals surface area contributed by atoms with E-state index in [1.807, 2.05) is 0 Å². The minimum Gasteiger partial charge on any atom is -0.289 e. The van der Waals surface area contributed by atoms with E-state index in [0.29, 0.717) is 0 Å². The van der Waals surface area contributed by atoms with E-state index in [2.05, 4.69) is 0 Å². The first-order valence-electron chi connectivity index (χ1n) is 6.14. The Morgan fingerprint density at radius 2 is 1.21 bits per heavy atom. The molecule has 0 N–H and O–H groups in total. The molecule has 131 valence electrons. The van der Waals surface area contributed by atoms with Crippen molar-refractivity contribution < 1.29 is 44.6 Å². The summed E-state index contributed by atoms with van der Waals surface area (Å²) in [5.74, 6) is -21.7. The van der Waals surface area contributed by atoms with Crippen molar-refractivity contribution in [3.05, 3.63) is 42.0 Å². The number of alkyl halides is 9. The van der Waals surface area contributed by atoms with Crippen molar-refractivity contribution >= 4 is 10.8 Å². The van der Waals surface area contributed by atoms with Gasteiger partial charge in [0.2, 0.25) is 0 Å². The first kappa shape index (κ1) is 18.2. The molecule has 0 fully saturated rings. The third kappa shape index (κ3) is 2.35. The fraction of sp³-hybridized carbons (Fsp3) is 0.286. The van der Waals surface area contributed by atoms with Crippen LogP contribution in [0.4, 0.5) is 39.5 Å². The molecular weight excluding hydrogens is 355 g/mol. The summed E-state index contributed by atoms with van der Waals surface area (Å²) in [7, 11) is 0. The van der Waals surface area contributed by atoms with Crippen LogP contribution in [0.2, 0.25) is 0 Å². The van der Waals surface area contributed by atoms with Crippen molar-refractivity contribution in [2.24, 2.45) is 0 Å². The topological polar surface area (TPSA) is 19.9 Å². The zero-order valence-electron chi connectivity index (χ0n) is 11.3. The molecule has 0 saturated heterocycles. The van der Waals surface area contributed by atoms with Crippen molar-refractivity contribution in [2.75, 3.05) is 0 Å². The second-order valence-corrected chi connectivity index (χ2v) is 4.88. The second kappa shape index (κ2) is 5.18. The molecule has 1 radical (unpaired) electrons. The molecule has 0 amide bonds. The van der Waals surface area contributed by atoms with Gasteiger partial charge >= 0.3 is 23.9 Å². The van der Waals surface area contributed by atoms with Crippen LogP contribution in [0.25, 0.3) is 10.8 Å². The summed E-state index contributed by atoms with van der Waals surface area (Å²) in [6.45, 7) is 0. The quantitative estimate of drug-likeness (QED) is 0.606. The first-order chi connectivity index (χ1) is 10.7. The van der Waals surface area contributed by atoms with Crippen molar-refractivity contribution in [2.45, 2.75) is 23.9 Å². The average molecular weight is 361 g/mol. The zero-order valence-corrected chi connectivity index (χ0v) is 11.3. The maximum absolute atomic E-state index is 13.8. The summed E-state index contributed by atoms with van der Waals surface area (Å²) in [5.41, 5.74) is -2.14. The Balaban J connectivity index is 2.68. The van der Waals surface area contributed by atoms with Gasteiger partial charge in [-0.3, -0.25) is 5.11 Å². The lowest BCUT2D eigenvalue weighted by atomic mass is 9.93. The van der Waals surface area contributed by atoms with Gasteiger partial charge in [0.1, 0.15) is 0 Å². The van der Waals surface area contributed by atoms with Gasteiger partial charge in [-0.1, -0.05) is 30.3 Å². The lowest BCUT2D eigenvalue weighted by molar-refractivity contribution is -0.399. The van der Waals surface area contributed by atoms with Crippen LogP contribution in [0.1, 0.15) is 5.56 Å². The standard InChI is InChI=1S/C14H6F9O/c15-11(16,12(17,18)13(19,20)14(21,22)23)9-6-5-7-3-1-2-4-8(7)10(9)24/h1-6H. The van der Waals surface area contributed by atoms with Crippen LogP contribution in [0.5, 0.6) is 5.75 Å². The molecule has 0 aliphatic heterocycles. The van der Waals surface area contributed by atoms with E-state index in [1.165, 1.54) is 18.2 Å². The Labute approximate surface area is 128 Å². The molecule has 10 heteroatoms. The van der Waals surface area contributed by atoms with Gasteiger partial charge in [-0.15, -0.1) is 0 Å². The van der Waals surface area contributed by atoms with Crippen LogP contribution < -0.4 is 0 Å². The van der Waals surface area contributed by atoms with Crippen LogP contribution in [-0.2, 0) is 11.0 Å². The van der Waals surface area contributed by atoms with Crippen LogP contribution in [0.15, 0.2) is 36.4 Å². The molecule has 2 rings (SSSR count). The van der Waals surface area contributed by atoms with Crippen molar-refractivity contribution in [1.82, 2.24) is 0 Å².